The van der Waals surface area contributed by atoms with E-state index in [1.165, 1.54) is 0 Å². The predicted octanol–water partition coefficient (Wildman–Crippen LogP) is -1.12. The van der Waals surface area contributed by atoms with E-state index in [1.54, 1.807) is 6.07 Å². The van der Waals surface area contributed by atoms with Crippen LogP contribution in [0.25, 0.3) is 0 Å². The molecule has 0 unspecified atom stereocenters. The molecule has 0 aliphatic heterocycles. The highest BCUT2D eigenvalue weighted by Crippen LogP contribution is 2.18. The molecule has 1 aliphatic carbocycles. The van der Waals surface area contributed by atoms with Crippen LogP contribution < -0.4 is 16.0 Å². The summed E-state index contributed by atoms with van der Waals surface area (Å²) in [4.78, 5) is 26.2. The fraction of sp³-hybridized carbons (Fsp3) is 0.455. The van der Waals surface area contributed by atoms with Crippen LogP contribution in [0.4, 0.5) is 0 Å². The van der Waals surface area contributed by atoms with Crippen LogP contribution in [0.5, 0.6) is 0 Å². The van der Waals surface area contributed by atoms with Crippen molar-refractivity contribution in [3.63, 3.8) is 0 Å². The van der Waals surface area contributed by atoms with E-state index in [0.717, 1.165) is 30.5 Å². The normalized spacial score (nSPS) is 14.2. The van der Waals surface area contributed by atoms with Gasteiger partial charge in [-0.05, 0) is 30.9 Å². The van der Waals surface area contributed by atoms with Gasteiger partial charge in [0.15, 0.2) is 0 Å². The second kappa shape index (κ2) is 5.14. The van der Waals surface area contributed by atoms with Crippen molar-refractivity contribution in [3.8, 4) is 0 Å². The summed E-state index contributed by atoms with van der Waals surface area (Å²) in [5.41, 5.74) is 1.41. The first-order valence-electron chi connectivity index (χ1n) is 5.90. The van der Waals surface area contributed by atoms with Crippen molar-refractivity contribution < 1.29 is 13.2 Å². The SMILES string of the molecule is NS(=O)(=O)CCNC(=O)c1cc2c([nH]c1=O)CCC2. The Kier molecular flexibility index (Phi) is 3.72. The number of carbonyl (C=O) groups is 1. The molecule has 8 heteroatoms. The van der Waals surface area contributed by atoms with Crippen LogP contribution in [-0.2, 0) is 22.9 Å². The number of amides is 1. The van der Waals surface area contributed by atoms with Crippen molar-refractivity contribution in [2.24, 2.45) is 5.14 Å². The van der Waals surface area contributed by atoms with Crippen LogP contribution in [0.1, 0.15) is 28.0 Å². The number of rotatable bonds is 4. The number of carbonyl (C=O) groups excluding carboxylic acids is 1. The van der Waals surface area contributed by atoms with Gasteiger partial charge in [-0.3, -0.25) is 9.59 Å². The van der Waals surface area contributed by atoms with Gasteiger partial charge in [0.1, 0.15) is 5.56 Å². The lowest BCUT2D eigenvalue weighted by Crippen LogP contribution is -2.34. The Morgan fingerprint density at radius 1 is 1.42 bits per heavy atom. The first-order valence-corrected chi connectivity index (χ1v) is 7.62. The van der Waals surface area contributed by atoms with Crippen LogP contribution >= 0.6 is 0 Å². The maximum absolute atomic E-state index is 11.8. The first-order chi connectivity index (χ1) is 8.87. The van der Waals surface area contributed by atoms with Crippen LogP contribution in [-0.4, -0.2) is 31.6 Å². The second-order valence-electron chi connectivity index (χ2n) is 4.49. The van der Waals surface area contributed by atoms with Gasteiger partial charge in [0.2, 0.25) is 10.0 Å². The number of hydrogen-bond acceptors (Lipinski definition) is 4. The van der Waals surface area contributed by atoms with Gasteiger partial charge in [-0.15, -0.1) is 0 Å². The zero-order valence-corrected chi connectivity index (χ0v) is 11.0. The average Bonchev–Trinajstić information content (AvgIpc) is 2.72. The fourth-order valence-electron chi connectivity index (χ4n) is 2.08. The number of pyridine rings is 1. The molecule has 2 rings (SSSR count). The van der Waals surface area contributed by atoms with Gasteiger partial charge in [-0.2, -0.15) is 0 Å². The highest BCUT2D eigenvalue weighted by Gasteiger charge is 2.18. The van der Waals surface area contributed by atoms with Gasteiger partial charge in [0.25, 0.3) is 11.5 Å². The first kappa shape index (κ1) is 13.8. The maximum Gasteiger partial charge on any atom is 0.261 e. The number of aromatic nitrogens is 1. The molecule has 0 bridgehead atoms. The molecule has 19 heavy (non-hydrogen) atoms. The lowest BCUT2D eigenvalue weighted by Gasteiger charge is -2.05. The smallest absolute Gasteiger partial charge is 0.261 e. The molecule has 0 radical (unpaired) electrons. The highest BCUT2D eigenvalue weighted by atomic mass is 32.2. The molecular formula is C11H15N3O4S. The largest absolute Gasteiger partial charge is 0.351 e. The number of nitrogens with one attached hydrogen (secondary N) is 2. The molecule has 1 heterocycles. The molecule has 0 fully saturated rings. The number of fused-ring (bicyclic) bond motifs is 1. The van der Waals surface area contributed by atoms with E-state index in [0.29, 0.717) is 0 Å². The summed E-state index contributed by atoms with van der Waals surface area (Å²) in [5.74, 6) is -0.943. The topological polar surface area (TPSA) is 122 Å². The van der Waals surface area contributed by atoms with E-state index in [-0.39, 0.29) is 17.9 Å². The molecule has 0 spiro atoms. The lowest BCUT2D eigenvalue weighted by molar-refractivity contribution is 0.0954. The third kappa shape index (κ3) is 3.42. The minimum Gasteiger partial charge on any atom is -0.351 e. The molecule has 104 valence electrons. The number of nitrogens with two attached hydrogens (primary N) is 1. The summed E-state index contributed by atoms with van der Waals surface area (Å²) in [6.07, 6.45) is 2.61. The quantitative estimate of drug-likeness (QED) is 0.648. The fourth-order valence-corrected chi connectivity index (χ4v) is 2.47. The molecule has 0 saturated carbocycles. The molecule has 1 amide bonds. The zero-order valence-electron chi connectivity index (χ0n) is 10.2. The molecule has 0 saturated heterocycles. The standard InChI is InChI=1S/C11H15N3O4S/c12-19(17,18)5-4-13-10(15)8-6-7-2-1-3-9(7)14-11(8)16/h6H,1-5H2,(H,13,15)(H,14,16)(H2,12,17,18). The number of hydrogen-bond donors (Lipinski definition) is 3. The Hall–Kier alpha value is -1.67. The van der Waals surface area contributed by atoms with E-state index in [9.17, 15) is 18.0 Å². The molecule has 1 aromatic rings. The van der Waals surface area contributed by atoms with Crippen LogP contribution in [0, 0.1) is 0 Å². The van der Waals surface area contributed by atoms with Gasteiger partial charge in [0.05, 0.1) is 5.75 Å². The van der Waals surface area contributed by atoms with Gasteiger partial charge in [-0.25, -0.2) is 13.6 Å². The van der Waals surface area contributed by atoms with Gasteiger partial charge < -0.3 is 10.3 Å². The predicted molar refractivity (Wildman–Crippen MR) is 69.4 cm³/mol. The number of sulfonamides is 1. The third-order valence-corrected chi connectivity index (χ3v) is 3.78. The van der Waals surface area contributed by atoms with Crippen LogP contribution in [0.15, 0.2) is 10.9 Å². The van der Waals surface area contributed by atoms with E-state index in [2.05, 4.69) is 10.3 Å². The number of primary sulfonamides is 1. The Morgan fingerprint density at radius 3 is 2.84 bits per heavy atom. The Balaban J connectivity index is 2.10. The van der Waals surface area contributed by atoms with Crippen molar-refractivity contribution in [2.75, 3.05) is 12.3 Å². The third-order valence-electron chi connectivity index (χ3n) is 3.00. The van der Waals surface area contributed by atoms with Crippen molar-refractivity contribution >= 4 is 15.9 Å². The average molecular weight is 285 g/mol. The molecule has 0 atom stereocenters. The van der Waals surface area contributed by atoms with E-state index >= 15 is 0 Å². The monoisotopic (exact) mass is 285 g/mol. The van der Waals surface area contributed by atoms with Crippen molar-refractivity contribution in [2.45, 2.75) is 19.3 Å². The summed E-state index contributed by atoms with van der Waals surface area (Å²) in [6.45, 7) is -0.117. The number of H-pyrrole nitrogens is 1. The van der Waals surface area contributed by atoms with Gasteiger partial charge >= 0.3 is 0 Å². The zero-order chi connectivity index (χ0) is 14.0. The van der Waals surface area contributed by atoms with Crippen molar-refractivity contribution in [1.82, 2.24) is 10.3 Å². The maximum atomic E-state index is 11.8. The Morgan fingerprint density at radius 2 is 2.16 bits per heavy atom. The molecule has 0 aromatic carbocycles. The lowest BCUT2D eigenvalue weighted by atomic mass is 10.1. The van der Waals surface area contributed by atoms with E-state index in [4.69, 9.17) is 5.14 Å². The summed E-state index contributed by atoms with van der Waals surface area (Å²) in [5, 5.41) is 7.19. The number of aryl methyl sites for hydroxylation is 2. The second-order valence-corrected chi connectivity index (χ2v) is 6.23. The Labute approximate surface area is 110 Å². The van der Waals surface area contributed by atoms with Crippen molar-refractivity contribution in [3.05, 3.63) is 33.2 Å². The summed E-state index contributed by atoms with van der Waals surface area (Å²) in [7, 11) is -3.62. The van der Waals surface area contributed by atoms with Crippen LogP contribution in [0.3, 0.4) is 0 Å². The minimum atomic E-state index is -3.62. The van der Waals surface area contributed by atoms with Crippen molar-refractivity contribution in [1.29, 1.82) is 0 Å². The summed E-state index contributed by atoms with van der Waals surface area (Å²) >= 11 is 0. The van der Waals surface area contributed by atoms with E-state index in [1.807, 2.05) is 0 Å². The van der Waals surface area contributed by atoms with Gasteiger partial charge in [-0.1, -0.05) is 0 Å². The van der Waals surface area contributed by atoms with E-state index < -0.39 is 21.5 Å². The minimum absolute atomic E-state index is 0.00932. The molecule has 1 aromatic heterocycles. The molecule has 4 N–H and O–H groups in total. The molecule has 1 aliphatic rings. The van der Waals surface area contributed by atoms with Gasteiger partial charge in [0, 0.05) is 12.2 Å². The molecule has 7 nitrogen and oxygen atoms in total. The Bertz CT molecular complexity index is 663. The molecular weight excluding hydrogens is 270 g/mol. The van der Waals surface area contributed by atoms with Crippen LogP contribution in [0.2, 0.25) is 0 Å². The number of aromatic amines is 1. The summed E-state index contributed by atoms with van der Waals surface area (Å²) in [6, 6.07) is 1.58. The summed E-state index contributed by atoms with van der Waals surface area (Å²) < 4.78 is 21.5. The highest BCUT2D eigenvalue weighted by molar-refractivity contribution is 7.89.